The molecule has 0 radical (unpaired) electrons. The summed E-state index contributed by atoms with van der Waals surface area (Å²) in [7, 11) is 1.50. The number of benzene rings is 1. The number of carbonyl (C=O) groups excluding carboxylic acids is 4. The summed E-state index contributed by atoms with van der Waals surface area (Å²) < 4.78 is 13.6. The van der Waals surface area contributed by atoms with Gasteiger partial charge < -0.3 is 5.32 Å². The van der Waals surface area contributed by atoms with Crippen LogP contribution in [0.4, 0.5) is 10.1 Å². The highest BCUT2D eigenvalue weighted by atomic mass is 19.1. The van der Waals surface area contributed by atoms with E-state index in [2.05, 4.69) is 10.6 Å². The summed E-state index contributed by atoms with van der Waals surface area (Å²) in [5, 5.41) is 4.77. The Balaban J connectivity index is 2.04. The van der Waals surface area contributed by atoms with Crippen molar-refractivity contribution in [3.8, 4) is 0 Å². The first-order valence-electron chi connectivity index (χ1n) is 6.67. The molecule has 1 saturated heterocycles. The first kappa shape index (κ1) is 14.2. The van der Waals surface area contributed by atoms with Crippen LogP contribution >= 0.6 is 0 Å². The molecule has 2 N–H and O–H groups in total. The van der Waals surface area contributed by atoms with Gasteiger partial charge in [0.05, 0.1) is 16.8 Å². The molecule has 0 aliphatic carbocycles. The lowest BCUT2D eigenvalue weighted by atomic mass is 10.0. The number of nitrogens with zero attached hydrogens (tertiary/aromatic N) is 1. The normalized spacial score (nSPS) is 21.0. The predicted molar refractivity (Wildman–Crippen MR) is 72.6 cm³/mol. The van der Waals surface area contributed by atoms with Gasteiger partial charge in [-0.2, -0.15) is 0 Å². The SMILES string of the molecule is CNc1cc(F)cc2c1C(=O)N(C1CCC(=O)NC1=O)C2=O. The van der Waals surface area contributed by atoms with Gasteiger partial charge in [0.25, 0.3) is 11.8 Å². The van der Waals surface area contributed by atoms with Crippen LogP contribution in [0.2, 0.25) is 0 Å². The number of hydrogen-bond acceptors (Lipinski definition) is 5. The molecule has 22 heavy (non-hydrogen) atoms. The van der Waals surface area contributed by atoms with Gasteiger partial charge in [-0.25, -0.2) is 4.39 Å². The van der Waals surface area contributed by atoms with Gasteiger partial charge in [0.15, 0.2) is 0 Å². The highest BCUT2D eigenvalue weighted by Crippen LogP contribution is 2.32. The molecule has 0 bridgehead atoms. The Morgan fingerprint density at radius 1 is 1.23 bits per heavy atom. The monoisotopic (exact) mass is 305 g/mol. The van der Waals surface area contributed by atoms with Crippen molar-refractivity contribution in [3.05, 3.63) is 29.1 Å². The molecule has 4 amide bonds. The molecule has 0 saturated carbocycles. The summed E-state index contributed by atoms with van der Waals surface area (Å²) in [6.07, 6.45) is 0.102. The summed E-state index contributed by atoms with van der Waals surface area (Å²) in [4.78, 5) is 48.8. The van der Waals surface area contributed by atoms with Crippen LogP contribution in [-0.4, -0.2) is 41.6 Å². The number of carbonyl (C=O) groups is 4. The van der Waals surface area contributed by atoms with Gasteiger partial charge in [0.2, 0.25) is 11.8 Å². The van der Waals surface area contributed by atoms with Gasteiger partial charge in [-0.1, -0.05) is 0 Å². The molecule has 114 valence electrons. The first-order chi connectivity index (χ1) is 10.4. The highest BCUT2D eigenvalue weighted by Gasteiger charge is 2.45. The van der Waals surface area contributed by atoms with E-state index in [-0.39, 0.29) is 29.7 Å². The van der Waals surface area contributed by atoms with Crippen molar-refractivity contribution in [1.82, 2.24) is 10.2 Å². The van der Waals surface area contributed by atoms with Crippen molar-refractivity contribution in [1.29, 1.82) is 0 Å². The zero-order valence-electron chi connectivity index (χ0n) is 11.6. The summed E-state index contributed by atoms with van der Waals surface area (Å²) >= 11 is 0. The van der Waals surface area contributed by atoms with Gasteiger partial charge in [-0.3, -0.25) is 29.4 Å². The summed E-state index contributed by atoms with van der Waals surface area (Å²) in [5.74, 6) is -3.20. The first-order valence-corrected chi connectivity index (χ1v) is 6.67. The van der Waals surface area contributed by atoms with E-state index in [1.807, 2.05) is 0 Å². The quantitative estimate of drug-likeness (QED) is 0.765. The van der Waals surface area contributed by atoms with Gasteiger partial charge in [0.1, 0.15) is 11.9 Å². The number of nitrogens with one attached hydrogen (secondary N) is 2. The Labute approximate surface area is 124 Å². The molecule has 1 aromatic carbocycles. The molecular weight excluding hydrogens is 293 g/mol. The second-order valence-electron chi connectivity index (χ2n) is 5.07. The summed E-state index contributed by atoms with van der Waals surface area (Å²) in [6.45, 7) is 0. The van der Waals surface area contributed by atoms with Gasteiger partial charge >= 0.3 is 0 Å². The van der Waals surface area contributed by atoms with Crippen molar-refractivity contribution < 1.29 is 23.6 Å². The average Bonchev–Trinajstić information content (AvgIpc) is 2.71. The highest BCUT2D eigenvalue weighted by molar-refractivity contribution is 6.25. The fourth-order valence-corrected chi connectivity index (χ4v) is 2.76. The topological polar surface area (TPSA) is 95.6 Å². The maximum absolute atomic E-state index is 13.6. The van der Waals surface area contributed by atoms with E-state index < -0.39 is 35.5 Å². The number of halogens is 1. The van der Waals surface area contributed by atoms with Crippen molar-refractivity contribution in [3.63, 3.8) is 0 Å². The molecule has 2 aliphatic heterocycles. The Kier molecular flexibility index (Phi) is 3.16. The molecule has 1 fully saturated rings. The Bertz CT molecular complexity index is 731. The molecule has 8 heteroatoms. The van der Waals surface area contributed by atoms with Crippen molar-refractivity contribution >= 4 is 29.3 Å². The minimum Gasteiger partial charge on any atom is -0.387 e. The zero-order chi connectivity index (χ0) is 16.0. The lowest BCUT2D eigenvalue weighted by Crippen LogP contribution is -2.54. The third-order valence-corrected chi connectivity index (χ3v) is 3.78. The Morgan fingerprint density at radius 3 is 2.59 bits per heavy atom. The largest absolute Gasteiger partial charge is 0.387 e. The van der Waals surface area contributed by atoms with Gasteiger partial charge in [0, 0.05) is 13.5 Å². The fraction of sp³-hybridized carbons (Fsp3) is 0.286. The molecular formula is C14H12FN3O4. The summed E-state index contributed by atoms with van der Waals surface area (Å²) in [6, 6.07) is 1.03. The Hall–Kier alpha value is -2.77. The number of rotatable bonds is 2. The molecule has 2 aliphatic rings. The van der Waals surface area contributed by atoms with E-state index in [0.29, 0.717) is 0 Å². The van der Waals surface area contributed by atoms with Crippen LogP contribution in [0.5, 0.6) is 0 Å². The fourth-order valence-electron chi connectivity index (χ4n) is 2.76. The minimum absolute atomic E-state index is 0.0387. The van der Waals surface area contributed by atoms with Crippen molar-refractivity contribution in [2.24, 2.45) is 0 Å². The van der Waals surface area contributed by atoms with E-state index in [0.717, 1.165) is 17.0 Å². The maximum Gasteiger partial charge on any atom is 0.264 e. The third kappa shape index (κ3) is 1.95. The molecule has 0 aromatic heterocycles. The number of fused-ring (bicyclic) bond motifs is 1. The van der Waals surface area contributed by atoms with Crippen LogP contribution in [0, 0.1) is 5.82 Å². The van der Waals surface area contributed by atoms with Crippen molar-refractivity contribution in [2.45, 2.75) is 18.9 Å². The standard InChI is InChI=1S/C14H12FN3O4/c1-16-8-5-6(15)4-7-11(8)14(22)18(13(7)21)9-2-3-10(19)17-12(9)20/h4-5,9,16H,2-3H2,1H3,(H,17,19,20). The summed E-state index contributed by atoms with van der Waals surface area (Å²) in [5.41, 5.74) is 0.140. The van der Waals surface area contributed by atoms with E-state index >= 15 is 0 Å². The molecule has 2 heterocycles. The Morgan fingerprint density at radius 2 is 1.95 bits per heavy atom. The maximum atomic E-state index is 13.6. The number of amides is 4. The number of piperidine rings is 1. The second kappa shape index (κ2) is 4.90. The lowest BCUT2D eigenvalue weighted by Gasteiger charge is -2.27. The van der Waals surface area contributed by atoms with Crippen LogP contribution in [0.1, 0.15) is 33.6 Å². The predicted octanol–water partition coefficient (Wildman–Crippen LogP) is 0.269. The molecule has 1 unspecified atom stereocenters. The van der Waals surface area contributed by atoms with Crippen LogP contribution in [0.25, 0.3) is 0 Å². The van der Waals surface area contributed by atoms with Crippen LogP contribution in [0.15, 0.2) is 12.1 Å². The molecule has 1 atom stereocenters. The van der Waals surface area contributed by atoms with Crippen LogP contribution in [0.3, 0.4) is 0 Å². The van der Waals surface area contributed by atoms with Crippen LogP contribution in [-0.2, 0) is 9.59 Å². The van der Waals surface area contributed by atoms with E-state index in [1.165, 1.54) is 7.05 Å². The third-order valence-electron chi connectivity index (χ3n) is 3.78. The van der Waals surface area contributed by atoms with E-state index in [1.54, 1.807) is 0 Å². The van der Waals surface area contributed by atoms with Gasteiger partial charge in [-0.15, -0.1) is 0 Å². The molecule has 0 spiro atoms. The van der Waals surface area contributed by atoms with Crippen LogP contribution < -0.4 is 10.6 Å². The molecule has 1 aromatic rings. The molecule has 3 rings (SSSR count). The zero-order valence-corrected chi connectivity index (χ0v) is 11.6. The van der Waals surface area contributed by atoms with E-state index in [4.69, 9.17) is 0 Å². The van der Waals surface area contributed by atoms with Gasteiger partial charge in [-0.05, 0) is 18.6 Å². The smallest absolute Gasteiger partial charge is 0.264 e. The molecule has 7 nitrogen and oxygen atoms in total. The minimum atomic E-state index is -1.06. The van der Waals surface area contributed by atoms with Crippen molar-refractivity contribution in [2.75, 3.05) is 12.4 Å². The number of imide groups is 2. The second-order valence-corrected chi connectivity index (χ2v) is 5.07. The number of anilines is 1. The number of hydrogen-bond donors (Lipinski definition) is 2. The van der Waals surface area contributed by atoms with E-state index in [9.17, 15) is 23.6 Å². The average molecular weight is 305 g/mol. The lowest BCUT2D eigenvalue weighted by molar-refractivity contribution is -0.136.